The molecule has 0 spiro atoms. The summed E-state index contributed by atoms with van der Waals surface area (Å²) in [7, 11) is 0. The van der Waals surface area contributed by atoms with Crippen molar-refractivity contribution in [3.8, 4) is 5.75 Å². The van der Waals surface area contributed by atoms with Crippen LogP contribution < -0.4 is 10.5 Å². The molecule has 4 heteroatoms. The number of halogens is 1. The monoisotopic (exact) mass is 317 g/mol. The Labute approximate surface area is 116 Å². The molecule has 2 nitrogen and oxygen atoms in total. The molecule has 1 aromatic carbocycles. The van der Waals surface area contributed by atoms with Gasteiger partial charge in [-0.15, -0.1) is 0 Å². The molecule has 2 N–H and O–H groups in total. The molecule has 0 aliphatic carbocycles. The molecule has 0 aliphatic rings. The van der Waals surface area contributed by atoms with Gasteiger partial charge in [-0.25, -0.2) is 0 Å². The van der Waals surface area contributed by atoms with E-state index in [0.717, 1.165) is 28.1 Å². The first kappa shape index (κ1) is 14.9. The first-order valence-corrected chi connectivity index (χ1v) is 7.64. The van der Waals surface area contributed by atoms with Crippen LogP contribution in [0.3, 0.4) is 0 Å². The van der Waals surface area contributed by atoms with Gasteiger partial charge < -0.3 is 10.5 Å². The number of hydrogen-bond donors (Lipinski definition) is 1. The first-order valence-electron chi connectivity index (χ1n) is 5.80. The zero-order valence-electron chi connectivity index (χ0n) is 10.6. The quantitative estimate of drug-likeness (QED) is 0.806. The van der Waals surface area contributed by atoms with Crippen LogP contribution in [0.15, 0.2) is 22.7 Å². The van der Waals surface area contributed by atoms with E-state index < -0.39 is 0 Å². The summed E-state index contributed by atoms with van der Waals surface area (Å²) >= 11 is 5.35. The second-order valence-electron chi connectivity index (χ2n) is 4.24. The highest BCUT2D eigenvalue weighted by molar-refractivity contribution is 9.10. The molecule has 0 radical (unpaired) electrons. The van der Waals surface area contributed by atoms with Gasteiger partial charge in [-0.2, -0.15) is 11.8 Å². The lowest BCUT2D eigenvalue weighted by atomic mass is 10.1. The SMILES string of the molecule is CC(C)SCCOc1ccc(Br)cc1[C@H](C)N. The van der Waals surface area contributed by atoms with Crippen LogP contribution >= 0.6 is 27.7 Å². The summed E-state index contributed by atoms with van der Waals surface area (Å²) in [4.78, 5) is 0. The molecule has 0 bridgehead atoms. The van der Waals surface area contributed by atoms with Crippen LogP contribution in [0.5, 0.6) is 5.75 Å². The minimum atomic E-state index is -0.0137. The molecule has 0 aliphatic heterocycles. The van der Waals surface area contributed by atoms with Gasteiger partial charge >= 0.3 is 0 Å². The van der Waals surface area contributed by atoms with Gasteiger partial charge in [0.15, 0.2) is 0 Å². The standard InChI is InChI=1S/C13H20BrNOS/c1-9(2)17-7-6-16-13-5-4-11(14)8-12(13)10(3)15/h4-5,8-10H,6-7,15H2,1-3H3/t10-/m0/s1. The Bertz CT molecular complexity index is 355. The molecule has 0 unspecified atom stereocenters. The fraction of sp³-hybridized carbons (Fsp3) is 0.538. The van der Waals surface area contributed by atoms with Gasteiger partial charge in [0.05, 0.1) is 6.61 Å². The van der Waals surface area contributed by atoms with Gasteiger partial charge in [0, 0.05) is 21.8 Å². The smallest absolute Gasteiger partial charge is 0.124 e. The molecule has 17 heavy (non-hydrogen) atoms. The Morgan fingerprint density at radius 2 is 2.06 bits per heavy atom. The van der Waals surface area contributed by atoms with Gasteiger partial charge in [0.2, 0.25) is 0 Å². The summed E-state index contributed by atoms with van der Waals surface area (Å²) in [5.41, 5.74) is 6.98. The molecule has 0 fully saturated rings. The Balaban J connectivity index is 2.58. The molecule has 96 valence electrons. The first-order chi connectivity index (χ1) is 8.00. The number of ether oxygens (including phenoxy) is 1. The second kappa shape index (κ2) is 7.29. The predicted octanol–water partition coefficient (Wildman–Crippen LogP) is 3.99. The highest BCUT2D eigenvalue weighted by Crippen LogP contribution is 2.27. The maximum atomic E-state index is 5.93. The second-order valence-corrected chi connectivity index (χ2v) is 6.84. The van der Waals surface area contributed by atoms with E-state index in [2.05, 4.69) is 29.8 Å². The molecule has 0 saturated carbocycles. The van der Waals surface area contributed by atoms with Crippen molar-refractivity contribution in [2.75, 3.05) is 12.4 Å². The van der Waals surface area contributed by atoms with Crippen molar-refractivity contribution >= 4 is 27.7 Å². The van der Waals surface area contributed by atoms with Crippen LogP contribution in [0.4, 0.5) is 0 Å². The van der Waals surface area contributed by atoms with Gasteiger partial charge in [-0.1, -0.05) is 29.8 Å². The van der Waals surface area contributed by atoms with E-state index >= 15 is 0 Å². The van der Waals surface area contributed by atoms with Crippen molar-refractivity contribution in [2.24, 2.45) is 5.73 Å². The van der Waals surface area contributed by atoms with Crippen LogP contribution in [0.25, 0.3) is 0 Å². The Kier molecular flexibility index (Phi) is 6.38. The normalized spacial score (nSPS) is 12.8. The van der Waals surface area contributed by atoms with Crippen molar-refractivity contribution in [2.45, 2.75) is 32.1 Å². The van der Waals surface area contributed by atoms with Crippen LogP contribution in [0.1, 0.15) is 32.4 Å². The summed E-state index contributed by atoms with van der Waals surface area (Å²) in [5, 5.41) is 0.649. The molecule has 1 rings (SSSR count). The third-order valence-corrected chi connectivity index (χ3v) is 3.82. The topological polar surface area (TPSA) is 35.2 Å². The zero-order valence-corrected chi connectivity index (χ0v) is 13.0. The highest BCUT2D eigenvalue weighted by atomic mass is 79.9. The van der Waals surface area contributed by atoms with Gasteiger partial charge in [0.1, 0.15) is 5.75 Å². The average molecular weight is 318 g/mol. The lowest BCUT2D eigenvalue weighted by Crippen LogP contribution is -2.10. The predicted molar refractivity (Wildman–Crippen MR) is 79.8 cm³/mol. The number of rotatable bonds is 6. The highest BCUT2D eigenvalue weighted by Gasteiger charge is 2.08. The molecule has 1 atom stereocenters. The Hall–Kier alpha value is -0.190. The molecule has 0 heterocycles. The zero-order chi connectivity index (χ0) is 12.8. The van der Waals surface area contributed by atoms with E-state index in [0.29, 0.717) is 5.25 Å². The number of hydrogen-bond acceptors (Lipinski definition) is 3. The third kappa shape index (κ3) is 5.32. The third-order valence-electron chi connectivity index (χ3n) is 2.25. The van der Waals surface area contributed by atoms with Crippen molar-refractivity contribution < 1.29 is 4.74 Å². The van der Waals surface area contributed by atoms with Gasteiger partial charge in [-0.3, -0.25) is 0 Å². The fourth-order valence-electron chi connectivity index (χ4n) is 1.44. The summed E-state index contributed by atoms with van der Waals surface area (Å²) in [6.45, 7) is 7.08. The van der Waals surface area contributed by atoms with E-state index in [-0.39, 0.29) is 6.04 Å². The maximum absolute atomic E-state index is 5.93. The molecule has 1 aromatic rings. The number of nitrogens with two attached hydrogens (primary N) is 1. The number of thioether (sulfide) groups is 1. The van der Waals surface area contributed by atoms with Crippen LogP contribution in [0, 0.1) is 0 Å². The summed E-state index contributed by atoms with van der Waals surface area (Å²) in [6.07, 6.45) is 0. The lowest BCUT2D eigenvalue weighted by Gasteiger charge is -2.14. The number of benzene rings is 1. The lowest BCUT2D eigenvalue weighted by molar-refractivity contribution is 0.338. The van der Waals surface area contributed by atoms with Gasteiger partial charge in [-0.05, 0) is 30.4 Å². The summed E-state index contributed by atoms with van der Waals surface area (Å²) < 4.78 is 6.82. The molecular formula is C13H20BrNOS. The van der Waals surface area contributed by atoms with E-state index in [1.807, 2.05) is 36.9 Å². The van der Waals surface area contributed by atoms with Crippen LogP contribution in [-0.2, 0) is 0 Å². The molecule has 0 amide bonds. The van der Waals surface area contributed by atoms with E-state index in [9.17, 15) is 0 Å². The minimum absolute atomic E-state index is 0.0137. The average Bonchev–Trinajstić information content (AvgIpc) is 2.25. The van der Waals surface area contributed by atoms with E-state index in [4.69, 9.17) is 10.5 Å². The molecular weight excluding hydrogens is 298 g/mol. The van der Waals surface area contributed by atoms with E-state index in [1.165, 1.54) is 0 Å². The Morgan fingerprint density at radius 1 is 1.35 bits per heavy atom. The minimum Gasteiger partial charge on any atom is -0.492 e. The van der Waals surface area contributed by atoms with Crippen LogP contribution in [-0.4, -0.2) is 17.6 Å². The summed E-state index contributed by atoms with van der Waals surface area (Å²) in [5.74, 6) is 1.90. The van der Waals surface area contributed by atoms with Crippen molar-refractivity contribution in [3.63, 3.8) is 0 Å². The van der Waals surface area contributed by atoms with Crippen molar-refractivity contribution in [3.05, 3.63) is 28.2 Å². The van der Waals surface area contributed by atoms with Crippen LogP contribution in [0.2, 0.25) is 0 Å². The van der Waals surface area contributed by atoms with Crippen molar-refractivity contribution in [1.82, 2.24) is 0 Å². The van der Waals surface area contributed by atoms with E-state index in [1.54, 1.807) is 0 Å². The summed E-state index contributed by atoms with van der Waals surface area (Å²) in [6, 6.07) is 5.97. The molecule has 0 aromatic heterocycles. The fourth-order valence-corrected chi connectivity index (χ4v) is 2.47. The molecule has 0 saturated heterocycles. The van der Waals surface area contributed by atoms with Gasteiger partial charge in [0.25, 0.3) is 0 Å². The Morgan fingerprint density at radius 3 is 2.65 bits per heavy atom. The largest absolute Gasteiger partial charge is 0.492 e. The maximum Gasteiger partial charge on any atom is 0.124 e. The van der Waals surface area contributed by atoms with Crippen molar-refractivity contribution in [1.29, 1.82) is 0 Å².